The van der Waals surface area contributed by atoms with Gasteiger partial charge in [0.1, 0.15) is 0 Å². The minimum absolute atomic E-state index is 0. The molecule has 0 spiro atoms. The van der Waals surface area contributed by atoms with Crippen LogP contribution in [0.1, 0.15) is 12.8 Å². The Bertz CT molecular complexity index is 622. The molecule has 0 bridgehead atoms. The lowest BCUT2D eigenvalue weighted by molar-refractivity contribution is -0.121. The number of nitrogens with zero attached hydrogens (tertiary/aromatic N) is 3. The maximum Gasteiger partial charge on any atom is 0.350 e. The number of carbonyl (C=O) groups is 1. The molecule has 0 aromatic carbocycles. The molecule has 2 aromatic rings. The molecule has 0 atom stereocenters. The zero-order chi connectivity index (χ0) is 13.7. The van der Waals surface area contributed by atoms with E-state index in [1.54, 1.807) is 18.3 Å². The van der Waals surface area contributed by atoms with E-state index in [4.69, 9.17) is 5.73 Å². The van der Waals surface area contributed by atoms with Gasteiger partial charge >= 0.3 is 5.69 Å². The van der Waals surface area contributed by atoms with Gasteiger partial charge in [-0.05, 0) is 25.1 Å². The monoisotopic (exact) mass is 299 g/mol. The molecule has 8 heteroatoms. The van der Waals surface area contributed by atoms with Crippen LogP contribution in [0.5, 0.6) is 0 Å². The maximum absolute atomic E-state index is 11.9. The molecule has 0 aliphatic carbocycles. The van der Waals surface area contributed by atoms with Crippen molar-refractivity contribution in [3.8, 4) is 0 Å². The van der Waals surface area contributed by atoms with Gasteiger partial charge in [-0.1, -0.05) is 6.07 Å². The van der Waals surface area contributed by atoms with E-state index < -0.39 is 0 Å². The van der Waals surface area contributed by atoms with Crippen molar-refractivity contribution in [3.05, 3.63) is 34.9 Å². The molecular weight excluding hydrogens is 282 g/mol. The van der Waals surface area contributed by atoms with Gasteiger partial charge in [0, 0.05) is 19.2 Å². The molecule has 0 aliphatic rings. The number of hydrogen-bond acceptors (Lipinski definition) is 4. The Morgan fingerprint density at radius 1 is 1.40 bits per heavy atom. The molecule has 0 unspecified atom stereocenters. The summed E-state index contributed by atoms with van der Waals surface area (Å²) in [5.74, 6) is -0.0996. The number of amides is 1. The fraction of sp³-hybridized carbons (Fsp3) is 0.417. The second kappa shape index (κ2) is 7.66. The van der Waals surface area contributed by atoms with E-state index in [0.29, 0.717) is 18.7 Å². The lowest BCUT2D eigenvalue weighted by Gasteiger charge is -2.03. The molecule has 2 heterocycles. The summed E-state index contributed by atoms with van der Waals surface area (Å²) in [5.41, 5.74) is 5.68. The van der Waals surface area contributed by atoms with E-state index in [9.17, 15) is 9.59 Å². The highest BCUT2D eigenvalue weighted by atomic mass is 35.5. The Morgan fingerprint density at radius 2 is 2.20 bits per heavy atom. The Kier molecular flexibility index (Phi) is 6.20. The first kappa shape index (κ1) is 16.2. The number of halogens is 1. The molecular formula is C12H18ClN5O2. The zero-order valence-corrected chi connectivity index (χ0v) is 11.8. The van der Waals surface area contributed by atoms with E-state index in [-0.39, 0.29) is 37.0 Å². The fourth-order valence-corrected chi connectivity index (χ4v) is 1.74. The second-order valence-corrected chi connectivity index (χ2v) is 4.18. The van der Waals surface area contributed by atoms with Crippen LogP contribution in [0.25, 0.3) is 5.65 Å². The Balaban J connectivity index is 0.00000200. The third kappa shape index (κ3) is 3.82. The van der Waals surface area contributed by atoms with Gasteiger partial charge in [0.2, 0.25) is 5.91 Å². The summed E-state index contributed by atoms with van der Waals surface area (Å²) < 4.78 is 2.75. The summed E-state index contributed by atoms with van der Waals surface area (Å²) in [6, 6.07) is 5.32. The standard InChI is InChI=1S/C12H17N5O2.ClH/c13-6-3-7-14-11(18)5-9-17-12(19)16-8-2-1-4-10(16)15-17;/h1-2,4,8H,3,5-7,9,13H2,(H,14,18);1H. The van der Waals surface area contributed by atoms with Gasteiger partial charge in [-0.25, -0.2) is 9.48 Å². The van der Waals surface area contributed by atoms with E-state index in [1.807, 2.05) is 6.07 Å². The normalized spacial score (nSPS) is 10.2. The lowest BCUT2D eigenvalue weighted by Crippen LogP contribution is -2.29. The quantitative estimate of drug-likeness (QED) is 0.721. The minimum atomic E-state index is -0.231. The molecule has 2 rings (SSSR count). The number of pyridine rings is 1. The van der Waals surface area contributed by atoms with Crippen LogP contribution in [0.4, 0.5) is 0 Å². The van der Waals surface area contributed by atoms with E-state index in [2.05, 4.69) is 10.4 Å². The first-order valence-electron chi connectivity index (χ1n) is 6.23. The number of nitrogens with two attached hydrogens (primary N) is 1. The highest BCUT2D eigenvalue weighted by Crippen LogP contribution is 1.95. The number of hydrogen-bond donors (Lipinski definition) is 2. The van der Waals surface area contributed by atoms with Crippen molar-refractivity contribution in [2.24, 2.45) is 5.73 Å². The van der Waals surface area contributed by atoms with E-state index in [0.717, 1.165) is 6.42 Å². The molecule has 0 radical (unpaired) electrons. The largest absolute Gasteiger partial charge is 0.356 e. The van der Waals surface area contributed by atoms with Crippen LogP contribution in [0.15, 0.2) is 29.2 Å². The van der Waals surface area contributed by atoms with E-state index >= 15 is 0 Å². The van der Waals surface area contributed by atoms with Crippen LogP contribution in [-0.4, -0.2) is 33.2 Å². The first-order valence-corrected chi connectivity index (χ1v) is 6.23. The topological polar surface area (TPSA) is 94.4 Å². The lowest BCUT2D eigenvalue weighted by atomic mass is 10.3. The molecule has 20 heavy (non-hydrogen) atoms. The fourth-order valence-electron chi connectivity index (χ4n) is 1.74. The molecule has 0 saturated carbocycles. The van der Waals surface area contributed by atoms with Crippen molar-refractivity contribution in [2.75, 3.05) is 13.1 Å². The molecule has 1 amide bonds. The van der Waals surface area contributed by atoms with Crippen molar-refractivity contribution in [3.63, 3.8) is 0 Å². The van der Waals surface area contributed by atoms with Crippen molar-refractivity contribution in [2.45, 2.75) is 19.4 Å². The summed E-state index contributed by atoms with van der Waals surface area (Å²) in [6.07, 6.45) is 2.64. The third-order valence-corrected chi connectivity index (χ3v) is 2.74. The number of fused-ring (bicyclic) bond motifs is 1. The van der Waals surface area contributed by atoms with Crippen molar-refractivity contribution >= 4 is 24.0 Å². The predicted molar refractivity (Wildman–Crippen MR) is 78.0 cm³/mol. The molecule has 0 saturated heterocycles. The van der Waals surface area contributed by atoms with Gasteiger partial charge in [0.15, 0.2) is 5.65 Å². The minimum Gasteiger partial charge on any atom is -0.356 e. The van der Waals surface area contributed by atoms with Crippen LogP contribution >= 0.6 is 12.4 Å². The maximum atomic E-state index is 11.9. The van der Waals surface area contributed by atoms with E-state index in [1.165, 1.54) is 9.08 Å². The highest BCUT2D eigenvalue weighted by Gasteiger charge is 2.07. The van der Waals surface area contributed by atoms with Gasteiger partial charge in [0.05, 0.1) is 6.54 Å². The van der Waals surface area contributed by atoms with Crippen LogP contribution in [0.3, 0.4) is 0 Å². The molecule has 2 aromatic heterocycles. The average Bonchev–Trinajstić information content (AvgIpc) is 2.74. The second-order valence-electron chi connectivity index (χ2n) is 4.18. The zero-order valence-electron chi connectivity index (χ0n) is 11.0. The van der Waals surface area contributed by atoms with Crippen LogP contribution in [0, 0.1) is 0 Å². The van der Waals surface area contributed by atoms with Crippen molar-refractivity contribution < 1.29 is 4.79 Å². The summed E-state index contributed by atoms with van der Waals surface area (Å²) >= 11 is 0. The number of aryl methyl sites for hydroxylation is 1. The van der Waals surface area contributed by atoms with Crippen molar-refractivity contribution in [1.82, 2.24) is 19.5 Å². The molecule has 110 valence electrons. The molecule has 0 aliphatic heterocycles. The first-order chi connectivity index (χ1) is 9.22. The Labute approximate surface area is 122 Å². The van der Waals surface area contributed by atoms with Gasteiger partial charge in [-0.2, -0.15) is 0 Å². The summed E-state index contributed by atoms with van der Waals surface area (Å²) in [7, 11) is 0. The predicted octanol–water partition coefficient (Wildman–Crippen LogP) is -0.227. The third-order valence-electron chi connectivity index (χ3n) is 2.74. The molecule has 7 nitrogen and oxygen atoms in total. The van der Waals surface area contributed by atoms with Gasteiger partial charge in [-0.3, -0.25) is 9.20 Å². The number of aromatic nitrogens is 3. The number of carbonyl (C=O) groups excluding carboxylic acids is 1. The van der Waals surface area contributed by atoms with Crippen LogP contribution in [0.2, 0.25) is 0 Å². The van der Waals surface area contributed by atoms with Crippen LogP contribution in [-0.2, 0) is 11.3 Å². The van der Waals surface area contributed by atoms with Gasteiger partial charge in [-0.15, -0.1) is 17.5 Å². The highest BCUT2D eigenvalue weighted by molar-refractivity contribution is 5.85. The number of rotatable bonds is 6. The summed E-state index contributed by atoms with van der Waals surface area (Å²) in [6.45, 7) is 1.39. The number of nitrogens with one attached hydrogen (secondary N) is 1. The smallest absolute Gasteiger partial charge is 0.350 e. The average molecular weight is 300 g/mol. The van der Waals surface area contributed by atoms with Gasteiger partial charge in [0.25, 0.3) is 0 Å². The molecule has 0 fully saturated rings. The Morgan fingerprint density at radius 3 is 2.90 bits per heavy atom. The van der Waals surface area contributed by atoms with Crippen LogP contribution < -0.4 is 16.7 Å². The van der Waals surface area contributed by atoms with Crippen molar-refractivity contribution in [1.29, 1.82) is 0 Å². The Hall–Kier alpha value is -1.86. The van der Waals surface area contributed by atoms with Gasteiger partial charge < -0.3 is 11.1 Å². The summed E-state index contributed by atoms with van der Waals surface area (Å²) in [4.78, 5) is 23.4. The SMILES string of the molecule is Cl.NCCCNC(=O)CCn1nc2ccccn2c1=O. The summed E-state index contributed by atoms with van der Waals surface area (Å²) in [5, 5.41) is 6.89. The molecule has 3 N–H and O–H groups in total.